The molecule has 0 aliphatic rings. The average Bonchev–Trinajstić information content (AvgIpc) is 2.90. The van der Waals surface area contributed by atoms with Crippen molar-refractivity contribution < 1.29 is 9.72 Å². The molecule has 7 heteroatoms. The summed E-state index contributed by atoms with van der Waals surface area (Å²) >= 11 is 1.21. The Balaban J connectivity index is 1.90. The molecule has 0 aliphatic carbocycles. The third-order valence-corrected chi connectivity index (χ3v) is 4.37. The second-order valence-electron chi connectivity index (χ2n) is 5.20. The number of carbonyl (C=O) groups is 1. The van der Waals surface area contributed by atoms with E-state index in [4.69, 9.17) is 0 Å². The monoisotopic (exact) mass is 327 g/mol. The third kappa shape index (κ3) is 3.04. The average molecular weight is 327 g/mol. The predicted octanol–water partition coefficient (Wildman–Crippen LogP) is 4.07. The van der Waals surface area contributed by atoms with E-state index in [-0.39, 0.29) is 11.6 Å². The zero-order valence-electron chi connectivity index (χ0n) is 12.5. The summed E-state index contributed by atoms with van der Waals surface area (Å²) < 4.78 is 0.662. The smallest absolute Gasteiger partial charge is 0.270 e. The quantitative estimate of drug-likeness (QED) is 0.580. The predicted molar refractivity (Wildman–Crippen MR) is 90.1 cm³/mol. The minimum Gasteiger partial charge on any atom is -0.298 e. The summed E-state index contributed by atoms with van der Waals surface area (Å²) in [6.45, 7) is 3.79. The van der Waals surface area contributed by atoms with Crippen molar-refractivity contribution >= 4 is 38.3 Å². The van der Waals surface area contributed by atoms with Crippen molar-refractivity contribution in [1.82, 2.24) is 4.98 Å². The molecule has 0 spiro atoms. The van der Waals surface area contributed by atoms with E-state index in [0.29, 0.717) is 20.9 Å². The maximum Gasteiger partial charge on any atom is 0.270 e. The number of non-ortho nitro benzene ring substituents is 1. The highest BCUT2D eigenvalue weighted by molar-refractivity contribution is 7.22. The van der Waals surface area contributed by atoms with Gasteiger partial charge in [-0.1, -0.05) is 29.0 Å². The molecule has 0 fully saturated rings. The first-order valence-corrected chi connectivity index (χ1v) is 7.69. The molecule has 116 valence electrons. The number of hydrogen-bond acceptors (Lipinski definition) is 5. The molecule has 1 N–H and O–H groups in total. The zero-order valence-corrected chi connectivity index (χ0v) is 13.3. The van der Waals surface area contributed by atoms with Crippen LogP contribution in [0.5, 0.6) is 0 Å². The first-order chi connectivity index (χ1) is 10.9. The molecule has 0 atom stereocenters. The molecule has 6 nitrogen and oxygen atoms in total. The van der Waals surface area contributed by atoms with Crippen LogP contribution in [0.15, 0.2) is 36.4 Å². The lowest BCUT2D eigenvalue weighted by molar-refractivity contribution is -0.384. The molecule has 2 aromatic carbocycles. The van der Waals surface area contributed by atoms with E-state index in [1.807, 2.05) is 32.0 Å². The van der Waals surface area contributed by atoms with E-state index in [0.717, 1.165) is 11.1 Å². The Kier molecular flexibility index (Phi) is 3.79. The fraction of sp³-hybridized carbons (Fsp3) is 0.125. The van der Waals surface area contributed by atoms with Crippen LogP contribution in [0.2, 0.25) is 0 Å². The normalized spacial score (nSPS) is 10.7. The summed E-state index contributed by atoms with van der Waals surface area (Å²) in [6, 6.07) is 10.1. The Labute approximate surface area is 135 Å². The van der Waals surface area contributed by atoms with E-state index in [1.165, 1.54) is 23.5 Å². The van der Waals surface area contributed by atoms with E-state index in [9.17, 15) is 14.9 Å². The summed E-state index contributed by atoms with van der Waals surface area (Å²) in [5.41, 5.74) is 3.10. The second kappa shape index (κ2) is 5.77. The molecule has 0 bridgehead atoms. The number of benzene rings is 2. The van der Waals surface area contributed by atoms with Gasteiger partial charge in [0, 0.05) is 17.7 Å². The number of fused-ring (bicyclic) bond motifs is 1. The molecule has 23 heavy (non-hydrogen) atoms. The summed E-state index contributed by atoms with van der Waals surface area (Å²) in [6.07, 6.45) is 0. The van der Waals surface area contributed by atoms with E-state index >= 15 is 0 Å². The van der Waals surface area contributed by atoms with Crippen LogP contribution in [0, 0.1) is 24.0 Å². The molecule has 0 saturated heterocycles. The Bertz CT molecular complexity index is 933. The number of aryl methyl sites for hydroxylation is 2. The fourth-order valence-electron chi connectivity index (χ4n) is 2.23. The van der Waals surface area contributed by atoms with Crippen LogP contribution in [0.25, 0.3) is 10.2 Å². The van der Waals surface area contributed by atoms with Crippen LogP contribution in [0.3, 0.4) is 0 Å². The van der Waals surface area contributed by atoms with Crippen molar-refractivity contribution in [2.24, 2.45) is 0 Å². The molecule has 1 amide bonds. The number of nitrogens with zero attached hydrogens (tertiary/aromatic N) is 2. The van der Waals surface area contributed by atoms with Crippen LogP contribution in [-0.4, -0.2) is 15.8 Å². The summed E-state index contributed by atoms with van der Waals surface area (Å²) in [5.74, 6) is -0.236. The lowest BCUT2D eigenvalue weighted by Gasteiger charge is -2.06. The van der Waals surface area contributed by atoms with Gasteiger partial charge in [-0.2, -0.15) is 0 Å². The minimum atomic E-state index is -0.451. The number of rotatable bonds is 3. The molecule has 0 aliphatic heterocycles. The van der Waals surface area contributed by atoms with Gasteiger partial charge in [-0.05, 0) is 31.5 Å². The number of nitro benzene ring substituents is 1. The largest absolute Gasteiger partial charge is 0.298 e. The van der Waals surface area contributed by atoms with E-state index < -0.39 is 4.92 Å². The van der Waals surface area contributed by atoms with Crippen LogP contribution in [0.1, 0.15) is 21.5 Å². The molecule has 3 aromatic rings. The van der Waals surface area contributed by atoms with Crippen LogP contribution < -0.4 is 5.32 Å². The Morgan fingerprint density at radius 1 is 1.22 bits per heavy atom. The SMILES string of the molecule is Cc1ccc(C)c(C(=O)Nc2nc3ccc([N+](=O)[O-])cc3s2)c1. The van der Waals surface area contributed by atoms with Crippen LogP contribution in [0.4, 0.5) is 10.8 Å². The standard InChI is InChI=1S/C16H13N3O3S/c1-9-3-4-10(2)12(7-9)15(20)18-16-17-13-6-5-11(19(21)22)8-14(13)23-16/h3-8H,1-2H3,(H,17,18,20). The second-order valence-corrected chi connectivity index (χ2v) is 6.23. The number of nitro groups is 1. The highest BCUT2D eigenvalue weighted by Crippen LogP contribution is 2.29. The van der Waals surface area contributed by atoms with Gasteiger partial charge in [-0.15, -0.1) is 0 Å². The van der Waals surface area contributed by atoms with Crippen molar-refractivity contribution in [3.63, 3.8) is 0 Å². The Morgan fingerprint density at radius 3 is 2.74 bits per heavy atom. The molecular weight excluding hydrogens is 314 g/mol. The van der Waals surface area contributed by atoms with Gasteiger partial charge in [0.15, 0.2) is 5.13 Å². The topological polar surface area (TPSA) is 85.1 Å². The number of carbonyl (C=O) groups excluding carboxylic acids is 1. The molecule has 3 rings (SSSR count). The maximum absolute atomic E-state index is 12.4. The van der Waals surface area contributed by atoms with Crippen LogP contribution >= 0.6 is 11.3 Å². The van der Waals surface area contributed by atoms with Crippen molar-refractivity contribution in [1.29, 1.82) is 0 Å². The fourth-order valence-corrected chi connectivity index (χ4v) is 3.12. The van der Waals surface area contributed by atoms with E-state index in [1.54, 1.807) is 6.07 Å². The van der Waals surface area contributed by atoms with Gasteiger partial charge < -0.3 is 0 Å². The van der Waals surface area contributed by atoms with Gasteiger partial charge in [-0.3, -0.25) is 20.2 Å². The number of thiazole rings is 1. The first kappa shape index (κ1) is 15.1. The van der Waals surface area contributed by atoms with Crippen molar-refractivity contribution in [2.75, 3.05) is 5.32 Å². The number of hydrogen-bond donors (Lipinski definition) is 1. The third-order valence-electron chi connectivity index (χ3n) is 3.44. The molecular formula is C16H13N3O3S. The van der Waals surface area contributed by atoms with Crippen molar-refractivity contribution in [2.45, 2.75) is 13.8 Å². The van der Waals surface area contributed by atoms with Gasteiger partial charge in [0.1, 0.15) is 0 Å². The van der Waals surface area contributed by atoms with Gasteiger partial charge in [-0.25, -0.2) is 4.98 Å². The highest BCUT2D eigenvalue weighted by Gasteiger charge is 2.14. The first-order valence-electron chi connectivity index (χ1n) is 6.87. The summed E-state index contributed by atoms with van der Waals surface area (Å²) in [7, 11) is 0. The number of anilines is 1. The molecule has 0 radical (unpaired) electrons. The van der Waals surface area contributed by atoms with E-state index in [2.05, 4.69) is 10.3 Å². The molecule has 0 unspecified atom stereocenters. The van der Waals surface area contributed by atoms with Gasteiger partial charge >= 0.3 is 0 Å². The molecule has 1 aromatic heterocycles. The Morgan fingerprint density at radius 2 is 2.00 bits per heavy atom. The van der Waals surface area contributed by atoms with Crippen molar-refractivity contribution in [3.8, 4) is 0 Å². The lowest BCUT2D eigenvalue weighted by Crippen LogP contribution is -2.13. The molecule has 1 heterocycles. The zero-order chi connectivity index (χ0) is 16.6. The lowest BCUT2D eigenvalue weighted by atomic mass is 10.1. The van der Waals surface area contributed by atoms with Gasteiger partial charge in [0.25, 0.3) is 11.6 Å². The molecule has 0 saturated carbocycles. The Hall–Kier alpha value is -2.80. The van der Waals surface area contributed by atoms with Crippen molar-refractivity contribution in [3.05, 3.63) is 63.2 Å². The highest BCUT2D eigenvalue weighted by atomic mass is 32.1. The summed E-state index contributed by atoms with van der Waals surface area (Å²) in [5, 5.41) is 14.0. The minimum absolute atomic E-state index is 0.00792. The van der Waals surface area contributed by atoms with Gasteiger partial charge in [0.05, 0.1) is 15.1 Å². The number of nitrogens with one attached hydrogen (secondary N) is 1. The van der Waals surface area contributed by atoms with Gasteiger partial charge in [0.2, 0.25) is 0 Å². The summed E-state index contributed by atoms with van der Waals surface area (Å²) in [4.78, 5) is 27.0. The van der Waals surface area contributed by atoms with Crippen LogP contribution in [-0.2, 0) is 0 Å². The maximum atomic E-state index is 12.4. The number of amides is 1. The number of aromatic nitrogens is 1.